The van der Waals surface area contributed by atoms with Crippen LogP contribution < -0.4 is 5.32 Å². The molecule has 0 aromatic carbocycles. The number of aromatic nitrogens is 1. The van der Waals surface area contributed by atoms with E-state index in [-0.39, 0.29) is 5.41 Å². The van der Waals surface area contributed by atoms with Gasteiger partial charge in [0.1, 0.15) is 0 Å². The topological polar surface area (TPSA) is 34.2 Å². The zero-order chi connectivity index (χ0) is 12.9. The van der Waals surface area contributed by atoms with Gasteiger partial charge in [0.05, 0.1) is 17.3 Å². The zero-order valence-electron chi connectivity index (χ0n) is 11.6. The summed E-state index contributed by atoms with van der Waals surface area (Å²) in [6, 6.07) is 0. The van der Waals surface area contributed by atoms with Crippen LogP contribution in [0.5, 0.6) is 0 Å². The molecule has 3 nitrogen and oxygen atoms in total. The minimum atomic E-state index is 0.289. The Morgan fingerprint density at radius 3 is 2.59 bits per heavy atom. The average Bonchev–Trinajstić information content (AvgIpc) is 2.55. The van der Waals surface area contributed by atoms with Crippen molar-refractivity contribution >= 4 is 11.3 Å². The van der Waals surface area contributed by atoms with Gasteiger partial charge in [-0.2, -0.15) is 0 Å². The average molecular weight is 256 g/mol. The summed E-state index contributed by atoms with van der Waals surface area (Å²) in [7, 11) is 1.72. The van der Waals surface area contributed by atoms with Crippen LogP contribution in [-0.4, -0.2) is 18.6 Å². The van der Waals surface area contributed by atoms with E-state index in [0.717, 1.165) is 25.2 Å². The molecule has 1 N–H and O–H groups in total. The molecule has 0 atom stereocenters. The van der Waals surface area contributed by atoms with Crippen LogP contribution in [0.3, 0.4) is 0 Å². The number of ether oxygens (including phenoxy) is 1. The first-order valence-electron chi connectivity index (χ1n) is 6.13. The van der Waals surface area contributed by atoms with Crippen LogP contribution >= 0.6 is 11.3 Å². The standard InChI is InChI=1S/C13H24N2OS/c1-6-14-8-11-10(9-16-5)15-12(17-11)7-13(2,3)4/h14H,6-9H2,1-5H3. The van der Waals surface area contributed by atoms with Crippen molar-refractivity contribution in [3.05, 3.63) is 15.6 Å². The van der Waals surface area contributed by atoms with Gasteiger partial charge < -0.3 is 10.1 Å². The Labute approximate surface area is 109 Å². The summed E-state index contributed by atoms with van der Waals surface area (Å²) in [5.41, 5.74) is 1.38. The fourth-order valence-electron chi connectivity index (χ4n) is 1.59. The molecule has 0 radical (unpaired) electrons. The molecule has 98 valence electrons. The molecule has 1 aromatic rings. The number of methoxy groups -OCH3 is 1. The van der Waals surface area contributed by atoms with Gasteiger partial charge >= 0.3 is 0 Å². The molecule has 1 heterocycles. The lowest BCUT2D eigenvalue weighted by atomic mass is 9.93. The van der Waals surface area contributed by atoms with Gasteiger partial charge in [-0.3, -0.25) is 0 Å². The lowest BCUT2D eigenvalue weighted by Crippen LogP contribution is -2.12. The van der Waals surface area contributed by atoms with E-state index in [4.69, 9.17) is 9.72 Å². The molecule has 0 saturated carbocycles. The van der Waals surface area contributed by atoms with E-state index in [1.54, 1.807) is 7.11 Å². The van der Waals surface area contributed by atoms with Crippen LogP contribution in [0.1, 0.15) is 43.3 Å². The second kappa shape index (κ2) is 6.47. The number of nitrogens with one attached hydrogen (secondary N) is 1. The van der Waals surface area contributed by atoms with Crippen molar-refractivity contribution in [1.82, 2.24) is 10.3 Å². The summed E-state index contributed by atoms with van der Waals surface area (Å²) >= 11 is 1.81. The summed E-state index contributed by atoms with van der Waals surface area (Å²) < 4.78 is 5.21. The second-order valence-electron chi connectivity index (χ2n) is 5.43. The highest BCUT2D eigenvalue weighted by Gasteiger charge is 2.17. The number of rotatable bonds is 6. The van der Waals surface area contributed by atoms with E-state index in [0.29, 0.717) is 6.61 Å². The van der Waals surface area contributed by atoms with E-state index in [9.17, 15) is 0 Å². The van der Waals surface area contributed by atoms with Gasteiger partial charge in [-0.15, -0.1) is 11.3 Å². The van der Waals surface area contributed by atoms with Crippen molar-refractivity contribution in [2.24, 2.45) is 5.41 Å². The second-order valence-corrected chi connectivity index (χ2v) is 6.60. The molecule has 1 aromatic heterocycles. The van der Waals surface area contributed by atoms with E-state index >= 15 is 0 Å². The van der Waals surface area contributed by atoms with Crippen molar-refractivity contribution in [2.45, 2.75) is 47.3 Å². The van der Waals surface area contributed by atoms with Crippen LogP contribution in [-0.2, 0) is 24.3 Å². The lowest BCUT2D eigenvalue weighted by Gasteiger charge is -2.15. The SMILES string of the molecule is CCNCc1sc(CC(C)(C)C)nc1COC. The highest BCUT2D eigenvalue weighted by Crippen LogP contribution is 2.26. The first kappa shape index (κ1) is 14.6. The maximum absolute atomic E-state index is 5.21. The van der Waals surface area contributed by atoms with Crippen LogP contribution in [0.2, 0.25) is 0 Å². The highest BCUT2D eigenvalue weighted by atomic mass is 32.1. The Morgan fingerprint density at radius 1 is 1.35 bits per heavy atom. The van der Waals surface area contributed by atoms with E-state index < -0.39 is 0 Å². The molecule has 0 aliphatic carbocycles. The summed E-state index contributed by atoms with van der Waals surface area (Å²) in [5, 5.41) is 4.57. The van der Waals surface area contributed by atoms with Crippen LogP contribution in [0.15, 0.2) is 0 Å². The Bertz CT molecular complexity index is 342. The van der Waals surface area contributed by atoms with Crippen molar-refractivity contribution < 1.29 is 4.74 Å². The molecule has 0 aliphatic heterocycles. The quantitative estimate of drug-likeness (QED) is 0.849. The van der Waals surface area contributed by atoms with Gasteiger partial charge in [0, 0.05) is 25.0 Å². The van der Waals surface area contributed by atoms with Gasteiger partial charge in [-0.25, -0.2) is 4.98 Å². The molecule has 0 saturated heterocycles. The Morgan fingerprint density at radius 2 is 2.06 bits per heavy atom. The molecule has 0 fully saturated rings. The van der Waals surface area contributed by atoms with Crippen LogP contribution in [0.25, 0.3) is 0 Å². The number of thiazole rings is 1. The number of nitrogens with zero attached hydrogens (tertiary/aromatic N) is 1. The molecular weight excluding hydrogens is 232 g/mol. The number of hydrogen-bond acceptors (Lipinski definition) is 4. The monoisotopic (exact) mass is 256 g/mol. The van der Waals surface area contributed by atoms with Crippen LogP contribution in [0.4, 0.5) is 0 Å². The van der Waals surface area contributed by atoms with Gasteiger partial charge in [-0.05, 0) is 12.0 Å². The smallest absolute Gasteiger partial charge is 0.0937 e. The maximum atomic E-state index is 5.21. The molecular formula is C13H24N2OS. The molecule has 0 bridgehead atoms. The fourth-order valence-corrected chi connectivity index (χ4v) is 2.93. The highest BCUT2D eigenvalue weighted by molar-refractivity contribution is 7.11. The molecule has 0 spiro atoms. The third-order valence-corrected chi connectivity index (χ3v) is 3.42. The molecule has 4 heteroatoms. The Balaban J connectivity index is 2.79. The first-order valence-corrected chi connectivity index (χ1v) is 6.95. The molecule has 17 heavy (non-hydrogen) atoms. The maximum Gasteiger partial charge on any atom is 0.0937 e. The van der Waals surface area contributed by atoms with Crippen molar-refractivity contribution in [2.75, 3.05) is 13.7 Å². The normalized spacial score (nSPS) is 12.1. The fraction of sp³-hybridized carbons (Fsp3) is 0.769. The minimum Gasteiger partial charge on any atom is -0.378 e. The van der Waals surface area contributed by atoms with Crippen molar-refractivity contribution in [1.29, 1.82) is 0 Å². The summed E-state index contributed by atoms with van der Waals surface area (Å²) in [4.78, 5) is 6.00. The van der Waals surface area contributed by atoms with Gasteiger partial charge in [0.2, 0.25) is 0 Å². The minimum absolute atomic E-state index is 0.289. The van der Waals surface area contributed by atoms with E-state index in [1.807, 2.05) is 11.3 Å². The summed E-state index contributed by atoms with van der Waals surface area (Å²) in [6.07, 6.45) is 1.03. The third-order valence-electron chi connectivity index (χ3n) is 2.32. The van der Waals surface area contributed by atoms with Gasteiger partial charge in [0.25, 0.3) is 0 Å². The summed E-state index contributed by atoms with van der Waals surface area (Å²) in [6.45, 7) is 11.3. The largest absolute Gasteiger partial charge is 0.378 e. The lowest BCUT2D eigenvalue weighted by molar-refractivity contribution is 0.181. The number of hydrogen-bond donors (Lipinski definition) is 1. The first-order chi connectivity index (χ1) is 7.96. The third kappa shape index (κ3) is 5.15. The Hall–Kier alpha value is -0.450. The molecule has 0 aliphatic rings. The van der Waals surface area contributed by atoms with Crippen molar-refractivity contribution in [3.8, 4) is 0 Å². The summed E-state index contributed by atoms with van der Waals surface area (Å²) in [5.74, 6) is 0. The van der Waals surface area contributed by atoms with Gasteiger partial charge in [-0.1, -0.05) is 27.7 Å². The van der Waals surface area contributed by atoms with Crippen LogP contribution in [0, 0.1) is 5.41 Å². The predicted molar refractivity (Wildman–Crippen MR) is 73.4 cm³/mol. The Kier molecular flexibility index (Phi) is 5.56. The molecule has 1 rings (SSSR count). The van der Waals surface area contributed by atoms with E-state index in [2.05, 4.69) is 33.0 Å². The van der Waals surface area contributed by atoms with E-state index in [1.165, 1.54) is 9.88 Å². The zero-order valence-corrected chi connectivity index (χ0v) is 12.4. The molecule has 0 amide bonds. The van der Waals surface area contributed by atoms with Gasteiger partial charge in [0.15, 0.2) is 0 Å². The van der Waals surface area contributed by atoms with Crippen molar-refractivity contribution in [3.63, 3.8) is 0 Å². The molecule has 0 unspecified atom stereocenters. The predicted octanol–water partition coefficient (Wildman–Crippen LogP) is 2.99.